The molecule has 0 aliphatic carbocycles. The second-order valence-electron chi connectivity index (χ2n) is 5.40. The summed E-state index contributed by atoms with van der Waals surface area (Å²) in [7, 11) is 0. The molecule has 0 saturated heterocycles. The molecule has 0 aliphatic heterocycles. The normalized spacial score (nSPS) is 10.7. The first-order chi connectivity index (χ1) is 10.1. The minimum Gasteiger partial charge on any atom is -0.438 e. The Kier molecular flexibility index (Phi) is 5.14. The highest BCUT2D eigenvalue weighted by molar-refractivity contribution is 5.41. The molecule has 2 aromatic rings. The van der Waals surface area contributed by atoms with E-state index in [2.05, 4.69) is 42.1 Å². The Hall–Kier alpha value is -2.10. The molecule has 0 unspecified atom stereocenters. The lowest BCUT2D eigenvalue weighted by atomic mass is 10.0. The molecule has 1 N–H and O–H groups in total. The first-order valence-corrected chi connectivity index (χ1v) is 7.46. The maximum atomic E-state index is 6.03. The number of para-hydroxylation sites is 1. The number of anilines is 1. The molecule has 0 saturated carbocycles. The molecule has 0 atom stereocenters. The summed E-state index contributed by atoms with van der Waals surface area (Å²) in [6, 6.07) is 8.08. The lowest BCUT2D eigenvalue weighted by Gasteiger charge is -2.14. The zero-order valence-electron chi connectivity index (χ0n) is 13.2. The Morgan fingerprint density at radius 3 is 2.71 bits per heavy atom. The molecule has 0 bridgehead atoms. The summed E-state index contributed by atoms with van der Waals surface area (Å²) in [4.78, 5) is 8.73. The van der Waals surface area contributed by atoms with E-state index in [4.69, 9.17) is 4.74 Å². The van der Waals surface area contributed by atoms with Crippen LogP contribution in [0.1, 0.15) is 44.2 Å². The number of hydrogen-bond donors (Lipinski definition) is 1. The summed E-state index contributed by atoms with van der Waals surface area (Å²) in [5.74, 6) is 2.48. The fourth-order valence-electron chi connectivity index (χ4n) is 2.01. The Morgan fingerprint density at radius 1 is 1.24 bits per heavy atom. The van der Waals surface area contributed by atoms with Crippen molar-refractivity contribution < 1.29 is 4.74 Å². The standard InChI is InChI=1S/C17H23N3O/c1-5-10-18-17-19-11-13(4)16(20-17)21-15-9-7-6-8-14(15)12(2)3/h6-9,11-12H,5,10H2,1-4H3,(H,18,19,20). The van der Waals surface area contributed by atoms with Crippen LogP contribution in [0.4, 0.5) is 5.95 Å². The van der Waals surface area contributed by atoms with E-state index in [1.54, 1.807) is 6.20 Å². The van der Waals surface area contributed by atoms with E-state index in [-0.39, 0.29) is 0 Å². The third kappa shape index (κ3) is 3.94. The molecular weight excluding hydrogens is 262 g/mol. The highest BCUT2D eigenvalue weighted by Gasteiger charge is 2.11. The van der Waals surface area contributed by atoms with E-state index in [1.165, 1.54) is 5.56 Å². The van der Waals surface area contributed by atoms with Gasteiger partial charge in [-0.3, -0.25) is 0 Å². The molecular formula is C17H23N3O. The number of hydrogen-bond acceptors (Lipinski definition) is 4. The van der Waals surface area contributed by atoms with Gasteiger partial charge in [0.1, 0.15) is 5.75 Å². The van der Waals surface area contributed by atoms with Crippen molar-refractivity contribution in [3.05, 3.63) is 41.6 Å². The van der Waals surface area contributed by atoms with Gasteiger partial charge in [-0.25, -0.2) is 4.98 Å². The predicted molar refractivity (Wildman–Crippen MR) is 86.2 cm³/mol. The first kappa shape index (κ1) is 15.3. The number of aromatic nitrogens is 2. The zero-order chi connectivity index (χ0) is 15.2. The summed E-state index contributed by atoms with van der Waals surface area (Å²) in [5, 5.41) is 3.18. The van der Waals surface area contributed by atoms with Crippen LogP contribution in [0.25, 0.3) is 0 Å². The highest BCUT2D eigenvalue weighted by Crippen LogP contribution is 2.30. The molecule has 1 aromatic heterocycles. The van der Waals surface area contributed by atoms with Crippen molar-refractivity contribution in [2.75, 3.05) is 11.9 Å². The van der Waals surface area contributed by atoms with Crippen molar-refractivity contribution in [1.82, 2.24) is 9.97 Å². The first-order valence-electron chi connectivity index (χ1n) is 7.46. The topological polar surface area (TPSA) is 47.0 Å². The molecule has 4 heteroatoms. The highest BCUT2D eigenvalue weighted by atomic mass is 16.5. The fraction of sp³-hybridized carbons (Fsp3) is 0.412. The lowest BCUT2D eigenvalue weighted by Crippen LogP contribution is -2.06. The zero-order valence-corrected chi connectivity index (χ0v) is 13.2. The Balaban J connectivity index is 2.26. The van der Waals surface area contributed by atoms with Crippen molar-refractivity contribution in [3.63, 3.8) is 0 Å². The summed E-state index contributed by atoms with van der Waals surface area (Å²) in [6.45, 7) is 9.23. The van der Waals surface area contributed by atoms with E-state index >= 15 is 0 Å². The van der Waals surface area contributed by atoms with Gasteiger partial charge in [0.15, 0.2) is 0 Å². The van der Waals surface area contributed by atoms with E-state index in [0.29, 0.717) is 17.7 Å². The molecule has 112 valence electrons. The maximum absolute atomic E-state index is 6.03. The number of benzene rings is 1. The van der Waals surface area contributed by atoms with Crippen molar-refractivity contribution in [2.24, 2.45) is 0 Å². The van der Waals surface area contributed by atoms with E-state index < -0.39 is 0 Å². The van der Waals surface area contributed by atoms with Gasteiger partial charge in [0.05, 0.1) is 0 Å². The summed E-state index contributed by atoms with van der Waals surface area (Å²) < 4.78 is 6.03. The van der Waals surface area contributed by atoms with Crippen LogP contribution in [0.15, 0.2) is 30.5 Å². The molecule has 21 heavy (non-hydrogen) atoms. The van der Waals surface area contributed by atoms with Crippen molar-refractivity contribution in [2.45, 2.75) is 40.0 Å². The molecule has 4 nitrogen and oxygen atoms in total. The smallest absolute Gasteiger partial charge is 0.226 e. The minimum absolute atomic E-state index is 0.404. The Bertz CT molecular complexity index is 596. The Labute approximate surface area is 126 Å². The SMILES string of the molecule is CCCNc1ncc(C)c(Oc2ccccc2C(C)C)n1. The minimum atomic E-state index is 0.404. The summed E-state index contributed by atoms with van der Waals surface area (Å²) in [5.41, 5.74) is 2.11. The molecule has 1 heterocycles. The monoisotopic (exact) mass is 285 g/mol. The maximum Gasteiger partial charge on any atom is 0.226 e. The average Bonchev–Trinajstić information content (AvgIpc) is 2.48. The third-order valence-corrected chi connectivity index (χ3v) is 3.21. The number of ether oxygens (including phenoxy) is 1. The second kappa shape index (κ2) is 7.07. The quantitative estimate of drug-likeness (QED) is 0.847. The predicted octanol–water partition coefficient (Wildman–Crippen LogP) is 4.52. The largest absolute Gasteiger partial charge is 0.438 e. The van der Waals surface area contributed by atoms with Crippen LogP contribution in [0.5, 0.6) is 11.6 Å². The van der Waals surface area contributed by atoms with Crippen LogP contribution >= 0.6 is 0 Å². The van der Waals surface area contributed by atoms with Crippen LogP contribution in [0.2, 0.25) is 0 Å². The molecule has 0 fully saturated rings. The number of nitrogens with one attached hydrogen (secondary N) is 1. The van der Waals surface area contributed by atoms with Crippen LogP contribution in [0.3, 0.4) is 0 Å². The number of aryl methyl sites for hydroxylation is 1. The van der Waals surface area contributed by atoms with Crippen LogP contribution < -0.4 is 10.1 Å². The van der Waals surface area contributed by atoms with Crippen molar-refractivity contribution >= 4 is 5.95 Å². The van der Waals surface area contributed by atoms with Gasteiger partial charge in [0, 0.05) is 18.3 Å². The molecule has 2 rings (SSSR count). The van der Waals surface area contributed by atoms with Gasteiger partial charge in [0.2, 0.25) is 11.8 Å². The van der Waals surface area contributed by atoms with E-state index in [9.17, 15) is 0 Å². The lowest BCUT2D eigenvalue weighted by molar-refractivity contribution is 0.450. The van der Waals surface area contributed by atoms with Crippen LogP contribution in [0, 0.1) is 6.92 Å². The van der Waals surface area contributed by atoms with Gasteiger partial charge in [0.25, 0.3) is 0 Å². The van der Waals surface area contributed by atoms with E-state index in [0.717, 1.165) is 24.3 Å². The van der Waals surface area contributed by atoms with Crippen molar-refractivity contribution in [1.29, 1.82) is 0 Å². The number of nitrogens with zero attached hydrogens (tertiary/aromatic N) is 2. The van der Waals surface area contributed by atoms with Gasteiger partial charge in [-0.15, -0.1) is 0 Å². The summed E-state index contributed by atoms with van der Waals surface area (Å²) in [6.07, 6.45) is 2.82. The Morgan fingerprint density at radius 2 is 2.00 bits per heavy atom. The molecule has 0 radical (unpaired) electrons. The van der Waals surface area contributed by atoms with E-state index in [1.807, 2.05) is 25.1 Å². The van der Waals surface area contributed by atoms with Gasteiger partial charge >= 0.3 is 0 Å². The summed E-state index contributed by atoms with van der Waals surface area (Å²) >= 11 is 0. The molecule has 0 spiro atoms. The van der Waals surface area contributed by atoms with Crippen molar-refractivity contribution in [3.8, 4) is 11.6 Å². The average molecular weight is 285 g/mol. The van der Waals surface area contributed by atoms with Gasteiger partial charge < -0.3 is 10.1 Å². The molecule has 0 aliphatic rings. The van der Waals surface area contributed by atoms with Gasteiger partial charge in [-0.05, 0) is 30.9 Å². The number of rotatable bonds is 6. The fourth-order valence-corrected chi connectivity index (χ4v) is 2.01. The van der Waals surface area contributed by atoms with Gasteiger partial charge in [-0.1, -0.05) is 39.0 Å². The third-order valence-electron chi connectivity index (χ3n) is 3.21. The van der Waals surface area contributed by atoms with Crippen LogP contribution in [-0.4, -0.2) is 16.5 Å². The van der Waals surface area contributed by atoms with Gasteiger partial charge in [-0.2, -0.15) is 4.98 Å². The van der Waals surface area contributed by atoms with Crippen LogP contribution in [-0.2, 0) is 0 Å². The molecule has 1 aromatic carbocycles. The molecule has 0 amide bonds. The second-order valence-corrected chi connectivity index (χ2v) is 5.40.